The fraction of sp³-hybridized carbons (Fsp3) is 0.444. The van der Waals surface area contributed by atoms with Gasteiger partial charge in [-0.3, -0.25) is 0 Å². The Hall–Kier alpha value is -1.58. The Morgan fingerprint density at radius 1 is 1.10 bits per heavy atom. The summed E-state index contributed by atoms with van der Waals surface area (Å²) in [4.78, 5) is 0. The van der Waals surface area contributed by atoms with E-state index in [-0.39, 0.29) is 17.6 Å². The van der Waals surface area contributed by atoms with Gasteiger partial charge in [0, 0.05) is 6.54 Å². The van der Waals surface area contributed by atoms with Crippen molar-refractivity contribution in [2.45, 2.75) is 39.3 Å². The molecule has 2 unspecified atom stereocenters. The van der Waals surface area contributed by atoms with Crippen LogP contribution in [-0.2, 0) is 0 Å². The van der Waals surface area contributed by atoms with E-state index >= 15 is 0 Å². The van der Waals surface area contributed by atoms with Crippen LogP contribution in [0.3, 0.4) is 0 Å². The van der Waals surface area contributed by atoms with E-state index < -0.39 is 0 Å². The van der Waals surface area contributed by atoms with Gasteiger partial charge in [0.1, 0.15) is 5.76 Å². The van der Waals surface area contributed by atoms with Crippen molar-refractivity contribution in [3.05, 3.63) is 60.1 Å². The average molecular weight is 287 g/mol. The number of aliphatic hydroxyl groups excluding tert-OH is 1. The molecule has 0 bridgehead atoms. The molecule has 3 heteroatoms. The van der Waals surface area contributed by atoms with Gasteiger partial charge >= 0.3 is 0 Å². The van der Waals surface area contributed by atoms with Gasteiger partial charge in [-0.05, 0) is 29.5 Å². The van der Waals surface area contributed by atoms with E-state index in [1.165, 1.54) is 0 Å². The van der Waals surface area contributed by atoms with E-state index in [1.54, 1.807) is 6.26 Å². The van der Waals surface area contributed by atoms with E-state index in [1.807, 2.05) is 30.3 Å². The highest BCUT2D eigenvalue weighted by Crippen LogP contribution is 2.24. The van der Waals surface area contributed by atoms with Gasteiger partial charge in [0.15, 0.2) is 0 Å². The highest BCUT2D eigenvalue weighted by molar-refractivity contribution is 5.26. The zero-order chi connectivity index (χ0) is 15.3. The first-order valence-corrected chi connectivity index (χ1v) is 7.45. The van der Waals surface area contributed by atoms with Crippen molar-refractivity contribution >= 4 is 0 Å². The summed E-state index contributed by atoms with van der Waals surface area (Å²) in [5, 5.41) is 13.6. The Morgan fingerprint density at radius 2 is 1.81 bits per heavy atom. The van der Waals surface area contributed by atoms with E-state index in [2.05, 4.69) is 38.2 Å². The Morgan fingerprint density at radius 3 is 2.38 bits per heavy atom. The molecule has 2 atom stereocenters. The van der Waals surface area contributed by atoms with Gasteiger partial charge in [-0.25, -0.2) is 0 Å². The Kier molecular flexibility index (Phi) is 5.21. The molecule has 0 aliphatic carbocycles. The summed E-state index contributed by atoms with van der Waals surface area (Å²) in [5.74, 6) is 0.865. The molecule has 0 saturated carbocycles. The summed E-state index contributed by atoms with van der Waals surface area (Å²) < 4.78 is 5.54. The van der Waals surface area contributed by atoms with Crippen LogP contribution in [0.25, 0.3) is 0 Å². The number of benzene rings is 1. The molecule has 0 radical (unpaired) electrons. The van der Waals surface area contributed by atoms with Crippen molar-refractivity contribution in [1.29, 1.82) is 0 Å². The summed E-state index contributed by atoms with van der Waals surface area (Å²) in [5.41, 5.74) is 1.25. The number of rotatable bonds is 6. The molecule has 21 heavy (non-hydrogen) atoms. The van der Waals surface area contributed by atoms with Crippen LogP contribution in [0, 0.1) is 5.41 Å². The van der Waals surface area contributed by atoms with Crippen LogP contribution in [0.2, 0.25) is 0 Å². The van der Waals surface area contributed by atoms with Crippen molar-refractivity contribution in [2.24, 2.45) is 5.41 Å². The SMILES string of the molecule is CC(C)(C)CC(O)CNC(c1ccccc1)c1ccco1. The molecule has 114 valence electrons. The Labute approximate surface area is 127 Å². The maximum Gasteiger partial charge on any atom is 0.125 e. The lowest BCUT2D eigenvalue weighted by Gasteiger charge is -2.24. The number of hydrogen-bond acceptors (Lipinski definition) is 3. The Balaban J connectivity index is 2.04. The lowest BCUT2D eigenvalue weighted by Crippen LogP contribution is -2.33. The molecule has 0 saturated heterocycles. The molecule has 0 aliphatic heterocycles. The molecule has 1 aromatic heterocycles. The summed E-state index contributed by atoms with van der Waals surface area (Å²) >= 11 is 0. The molecular formula is C18H25NO2. The maximum absolute atomic E-state index is 10.2. The molecule has 0 aliphatic rings. The fourth-order valence-electron chi connectivity index (χ4n) is 2.52. The van der Waals surface area contributed by atoms with E-state index in [9.17, 15) is 5.11 Å². The topological polar surface area (TPSA) is 45.4 Å². The highest BCUT2D eigenvalue weighted by atomic mass is 16.3. The predicted molar refractivity (Wildman–Crippen MR) is 85.1 cm³/mol. The second kappa shape index (κ2) is 6.92. The molecule has 3 nitrogen and oxygen atoms in total. The summed E-state index contributed by atoms with van der Waals surface area (Å²) in [6.45, 7) is 6.95. The van der Waals surface area contributed by atoms with Gasteiger partial charge in [0.2, 0.25) is 0 Å². The molecule has 1 heterocycles. The Bertz CT molecular complexity index is 514. The predicted octanol–water partition coefficient (Wildman–Crippen LogP) is 3.76. The van der Waals surface area contributed by atoms with Crippen LogP contribution in [-0.4, -0.2) is 17.8 Å². The minimum Gasteiger partial charge on any atom is -0.467 e. The minimum atomic E-state index is -0.369. The minimum absolute atomic E-state index is 0.0316. The quantitative estimate of drug-likeness (QED) is 0.850. The number of hydrogen-bond donors (Lipinski definition) is 2. The van der Waals surface area contributed by atoms with Gasteiger partial charge in [-0.15, -0.1) is 0 Å². The van der Waals surface area contributed by atoms with Crippen molar-refractivity contribution in [1.82, 2.24) is 5.32 Å². The zero-order valence-corrected chi connectivity index (χ0v) is 13.0. The highest BCUT2D eigenvalue weighted by Gasteiger charge is 2.20. The zero-order valence-electron chi connectivity index (χ0n) is 13.0. The molecule has 1 aromatic carbocycles. The second-order valence-electron chi connectivity index (χ2n) is 6.69. The van der Waals surface area contributed by atoms with Crippen LogP contribution >= 0.6 is 0 Å². The molecule has 2 N–H and O–H groups in total. The van der Waals surface area contributed by atoms with Crippen molar-refractivity contribution in [3.8, 4) is 0 Å². The molecule has 2 aromatic rings. The number of furan rings is 1. The first-order chi connectivity index (χ1) is 9.96. The molecular weight excluding hydrogens is 262 g/mol. The molecule has 0 spiro atoms. The van der Waals surface area contributed by atoms with E-state index in [0.717, 1.165) is 17.7 Å². The second-order valence-corrected chi connectivity index (χ2v) is 6.69. The van der Waals surface area contributed by atoms with Crippen LogP contribution in [0.4, 0.5) is 0 Å². The number of nitrogens with one attached hydrogen (secondary N) is 1. The smallest absolute Gasteiger partial charge is 0.125 e. The van der Waals surface area contributed by atoms with Gasteiger partial charge < -0.3 is 14.8 Å². The van der Waals surface area contributed by atoms with Gasteiger partial charge in [-0.1, -0.05) is 51.1 Å². The largest absolute Gasteiger partial charge is 0.467 e. The van der Waals surface area contributed by atoms with Crippen LogP contribution in [0.1, 0.15) is 44.6 Å². The molecule has 2 rings (SSSR count). The van der Waals surface area contributed by atoms with Crippen LogP contribution < -0.4 is 5.32 Å². The fourth-order valence-corrected chi connectivity index (χ4v) is 2.52. The van der Waals surface area contributed by atoms with E-state index in [4.69, 9.17) is 4.42 Å². The lowest BCUT2D eigenvalue weighted by atomic mass is 9.89. The standard InChI is InChI=1S/C18H25NO2/c1-18(2,3)12-15(20)13-19-17(16-10-7-11-21-16)14-8-5-4-6-9-14/h4-11,15,17,19-20H,12-13H2,1-3H3. The molecule has 0 amide bonds. The van der Waals surface area contributed by atoms with Crippen molar-refractivity contribution in [3.63, 3.8) is 0 Å². The monoisotopic (exact) mass is 287 g/mol. The maximum atomic E-state index is 10.2. The third kappa shape index (κ3) is 5.03. The average Bonchev–Trinajstić information content (AvgIpc) is 2.92. The number of aliphatic hydroxyl groups is 1. The van der Waals surface area contributed by atoms with Crippen LogP contribution in [0.15, 0.2) is 53.1 Å². The van der Waals surface area contributed by atoms with Crippen LogP contribution in [0.5, 0.6) is 0 Å². The lowest BCUT2D eigenvalue weighted by molar-refractivity contribution is 0.117. The summed E-state index contributed by atoms with van der Waals surface area (Å²) in [6.07, 6.45) is 2.07. The van der Waals surface area contributed by atoms with Gasteiger partial charge in [-0.2, -0.15) is 0 Å². The summed E-state index contributed by atoms with van der Waals surface area (Å²) in [7, 11) is 0. The van der Waals surface area contributed by atoms with Gasteiger partial charge in [0.05, 0.1) is 18.4 Å². The third-order valence-corrected chi connectivity index (χ3v) is 3.37. The van der Waals surface area contributed by atoms with Crippen molar-refractivity contribution < 1.29 is 9.52 Å². The third-order valence-electron chi connectivity index (χ3n) is 3.37. The summed E-state index contributed by atoms with van der Waals surface area (Å²) in [6, 6.07) is 14.0. The van der Waals surface area contributed by atoms with Crippen molar-refractivity contribution in [2.75, 3.05) is 6.54 Å². The van der Waals surface area contributed by atoms with E-state index in [0.29, 0.717) is 6.54 Å². The normalized spacial score (nSPS) is 14.9. The van der Waals surface area contributed by atoms with Gasteiger partial charge in [0.25, 0.3) is 0 Å². The first kappa shape index (κ1) is 15.8. The first-order valence-electron chi connectivity index (χ1n) is 7.45. The molecule has 0 fully saturated rings.